The lowest BCUT2D eigenvalue weighted by Crippen LogP contribution is -2.24. The van der Waals surface area contributed by atoms with Gasteiger partial charge in [-0.15, -0.1) is 0 Å². The van der Waals surface area contributed by atoms with Crippen LogP contribution in [0.15, 0.2) is 45.6 Å². The summed E-state index contributed by atoms with van der Waals surface area (Å²) in [5, 5.41) is 18.5. The number of aliphatic carboxylic acids is 1. The lowest BCUT2D eigenvalue weighted by molar-refractivity contribution is -0.165. The van der Waals surface area contributed by atoms with Crippen LogP contribution in [0.3, 0.4) is 0 Å². The molecule has 2 aromatic rings. The predicted octanol–water partition coefficient (Wildman–Crippen LogP) is 6.33. The van der Waals surface area contributed by atoms with Crippen molar-refractivity contribution in [2.75, 3.05) is 26.4 Å². The average Bonchev–Trinajstić information content (AvgIpc) is 2.96. The second-order valence-corrected chi connectivity index (χ2v) is 11.1. The molecule has 0 spiro atoms. The number of carboxylic acids is 1. The van der Waals surface area contributed by atoms with Gasteiger partial charge in [-0.3, -0.25) is 14.8 Å². The number of carbonyl (C=O) groups is 1. The lowest BCUT2D eigenvalue weighted by atomic mass is 10.0. The monoisotopic (exact) mass is 667 g/mol. The average molecular weight is 669 g/mol. The quantitative estimate of drug-likeness (QED) is 0.292. The first-order chi connectivity index (χ1) is 19.0. The molecule has 2 aromatic heterocycles. The molecule has 2 aliphatic rings. The summed E-state index contributed by atoms with van der Waals surface area (Å²) < 4.78 is 23.9. The van der Waals surface area contributed by atoms with E-state index in [2.05, 4.69) is 47.9 Å². The van der Waals surface area contributed by atoms with Crippen molar-refractivity contribution < 1.29 is 28.8 Å². The van der Waals surface area contributed by atoms with E-state index >= 15 is 0 Å². The zero-order chi connectivity index (χ0) is 27.9. The van der Waals surface area contributed by atoms with E-state index in [0.29, 0.717) is 31.7 Å². The maximum atomic E-state index is 11.3. The molecule has 4 atom stereocenters. The minimum Gasteiger partial charge on any atom is -0.481 e. The molecule has 212 valence electrons. The Morgan fingerprint density at radius 3 is 1.90 bits per heavy atom. The summed E-state index contributed by atoms with van der Waals surface area (Å²) in [5.41, 5.74) is 1.34. The van der Waals surface area contributed by atoms with Gasteiger partial charge in [0.1, 0.15) is 5.92 Å². The largest absolute Gasteiger partial charge is 0.481 e. The molecule has 0 radical (unpaired) electrons. The van der Waals surface area contributed by atoms with Gasteiger partial charge in [0.25, 0.3) is 0 Å². The van der Waals surface area contributed by atoms with Crippen LogP contribution < -0.4 is 0 Å². The van der Waals surface area contributed by atoms with Crippen LogP contribution in [0.4, 0.5) is 0 Å². The van der Waals surface area contributed by atoms with Crippen LogP contribution in [0.5, 0.6) is 0 Å². The van der Waals surface area contributed by atoms with Crippen LogP contribution >= 0.6 is 31.9 Å². The minimum absolute atomic E-state index is 0.0917. The number of halogens is 2. The van der Waals surface area contributed by atoms with Crippen molar-refractivity contribution in [3.8, 4) is 6.07 Å². The zero-order valence-corrected chi connectivity index (χ0v) is 25.0. The topological polar surface area (TPSA) is 124 Å². The molecular weight excluding hydrogens is 634 g/mol. The van der Waals surface area contributed by atoms with Gasteiger partial charge in [0, 0.05) is 34.6 Å². The second kappa shape index (κ2) is 17.7. The molecule has 0 amide bonds. The van der Waals surface area contributed by atoms with Crippen molar-refractivity contribution in [3.63, 3.8) is 0 Å². The predicted molar refractivity (Wildman–Crippen MR) is 151 cm³/mol. The molecule has 9 nitrogen and oxygen atoms in total. The third-order valence-electron chi connectivity index (χ3n) is 6.36. The van der Waals surface area contributed by atoms with Crippen molar-refractivity contribution in [2.45, 2.75) is 75.8 Å². The van der Waals surface area contributed by atoms with Crippen LogP contribution in [-0.2, 0) is 23.7 Å². The molecule has 4 rings (SSSR count). The Labute approximate surface area is 246 Å². The van der Waals surface area contributed by atoms with Crippen molar-refractivity contribution in [1.82, 2.24) is 9.97 Å². The number of pyridine rings is 2. The second-order valence-electron chi connectivity index (χ2n) is 9.29. The molecule has 1 N–H and O–H groups in total. The summed E-state index contributed by atoms with van der Waals surface area (Å²) in [6, 6.07) is 9.56. The van der Waals surface area contributed by atoms with E-state index in [0.717, 1.165) is 66.4 Å². The van der Waals surface area contributed by atoms with Crippen molar-refractivity contribution in [2.24, 2.45) is 0 Å². The third-order valence-corrected chi connectivity index (χ3v) is 7.30. The summed E-state index contributed by atoms with van der Waals surface area (Å²) in [6.07, 6.45) is 10.4. The fourth-order valence-electron chi connectivity index (χ4n) is 4.18. The van der Waals surface area contributed by atoms with Crippen molar-refractivity contribution in [3.05, 3.63) is 57.0 Å². The molecule has 0 aliphatic carbocycles. The molecule has 0 saturated carbocycles. The van der Waals surface area contributed by atoms with Gasteiger partial charge >= 0.3 is 5.97 Å². The Bertz CT molecular complexity index is 1020. The van der Waals surface area contributed by atoms with E-state index in [9.17, 15) is 15.2 Å². The first-order valence-corrected chi connectivity index (χ1v) is 14.9. The van der Waals surface area contributed by atoms with Crippen LogP contribution in [0.1, 0.15) is 74.6 Å². The molecule has 2 aliphatic heterocycles. The fraction of sp³-hybridized carbons (Fsp3) is 0.571. The smallest absolute Gasteiger partial charge is 0.312 e. The Morgan fingerprint density at radius 1 is 0.923 bits per heavy atom. The highest BCUT2D eigenvalue weighted by atomic mass is 79.9. The maximum absolute atomic E-state index is 11.3. The Morgan fingerprint density at radius 2 is 1.46 bits per heavy atom. The van der Waals surface area contributed by atoms with Gasteiger partial charge in [0.2, 0.25) is 0 Å². The van der Waals surface area contributed by atoms with Gasteiger partial charge in [0.05, 0.1) is 36.6 Å². The lowest BCUT2D eigenvalue weighted by Gasteiger charge is -2.23. The molecule has 0 aromatic carbocycles. The van der Waals surface area contributed by atoms with E-state index < -0.39 is 11.9 Å². The van der Waals surface area contributed by atoms with Gasteiger partial charge in [-0.05, 0) is 107 Å². The number of hydrogen-bond acceptors (Lipinski definition) is 8. The highest BCUT2D eigenvalue weighted by molar-refractivity contribution is 9.10. The van der Waals surface area contributed by atoms with Gasteiger partial charge in [-0.25, -0.2) is 0 Å². The van der Waals surface area contributed by atoms with Gasteiger partial charge in [0.15, 0.2) is 12.6 Å². The first-order valence-electron chi connectivity index (χ1n) is 13.3. The number of nitrogens with zero attached hydrogens (tertiary/aromatic N) is 3. The van der Waals surface area contributed by atoms with E-state index in [1.807, 2.05) is 12.1 Å². The van der Waals surface area contributed by atoms with Gasteiger partial charge in [-0.1, -0.05) is 0 Å². The summed E-state index contributed by atoms with van der Waals surface area (Å²) in [7, 11) is 0. The summed E-state index contributed by atoms with van der Waals surface area (Å²) in [6.45, 7) is 2.39. The third kappa shape index (κ3) is 11.6. The number of ether oxygens (including phenoxy) is 4. The Kier molecular flexibility index (Phi) is 14.3. The van der Waals surface area contributed by atoms with Crippen LogP contribution in [0, 0.1) is 11.3 Å². The summed E-state index contributed by atoms with van der Waals surface area (Å²) in [4.78, 5) is 19.7. The number of hydrogen-bond donors (Lipinski definition) is 1. The van der Waals surface area contributed by atoms with Crippen LogP contribution in [-0.4, -0.2) is 60.1 Å². The zero-order valence-electron chi connectivity index (χ0n) is 21.8. The molecular formula is C28H35Br2N3O6. The van der Waals surface area contributed by atoms with E-state index in [-0.39, 0.29) is 18.5 Å². The highest BCUT2D eigenvalue weighted by Gasteiger charge is 2.22. The number of rotatable bonds is 11. The van der Waals surface area contributed by atoms with Crippen LogP contribution in [0.25, 0.3) is 0 Å². The molecule has 4 heterocycles. The standard InChI is InChI=1S/C14H17BrN2O2.C14H18BrNO4/c15-12-4-5-13(17-10-12)11(9-16)6-8-19-14-3-1-2-7-18-14;15-10-4-5-12(16-9-10)11(14(17)18)6-8-20-13-3-1-2-7-19-13/h4-5,10-11,14H,1-3,6-8H2;4-5,9,11,13H,1-3,6-8H2,(H,17,18). The van der Waals surface area contributed by atoms with Gasteiger partial charge < -0.3 is 24.1 Å². The SMILES string of the molecule is N#CC(CCOC1CCCCO1)c1ccc(Br)cn1.O=C(O)C(CCOC1CCCCO1)c1ccc(Br)cn1. The highest BCUT2D eigenvalue weighted by Crippen LogP contribution is 2.22. The van der Waals surface area contributed by atoms with Crippen molar-refractivity contribution in [1.29, 1.82) is 5.26 Å². The number of carboxylic acid groups (broad SMARTS) is 1. The van der Waals surface area contributed by atoms with E-state index in [1.54, 1.807) is 24.5 Å². The molecule has 4 unspecified atom stereocenters. The number of aromatic nitrogens is 2. The fourth-order valence-corrected chi connectivity index (χ4v) is 4.65. The number of nitriles is 1. The first kappa shape index (κ1) is 31.6. The Balaban J connectivity index is 0.000000216. The van der Waals surface area contributed by atoms with Crippen LogP contribution in [0.2, 0.25) is 0 Å². The van der Waals surface area contributed by atoms with E-state index in [1.165, 1.54) is 0 Å². The molecule has 39 heavy (non-hydrogen) atoms. The molecule has 2 saturated heterocycles. The molecule has 2 fully saturated rings. The minimum atomic E-state index is -0.881. The summed E-state index contributed by atoms with van der Waals surface area (Å²) in [5.74, 6) is -1.75. The van der Waals surface area contributed by atoms with Gasteiger partial charge in [-0.2, -0.15) is 5.26 Å². The molecule has 0 bridgehead atoms. The summed E-state index contributed by atoms with van der Waals surface area (Å²) >= 11 is 6.62. The Hall–Kier alpha value is -1.94. The molecule has 11 heteroatoms. The normalized spacial score (nSPS) is 20.6. The maximum Gasteiger partial charge on any atom is 0.312 e. The van der Waals surface area contributed by atoms with E-state index in [4.69, 9.17) is 18.9 Å². The van der Waals surface area contributed by atoms with Crippen molar-refractivity contribution >= 4 is 37.8 Å².